The van der Waals surface area contributed by atoms with Gasteiger partial charge in [0.15, 0.2) is 0 Å². The zero-order valence-electron chi connectivity index (χ0n) is 7.64. The molecule has 0 aromatic heterocycles. The van der Waals surface area contributed by atoms with Crippen LogP contribution in [0.4, 0.5) is 0 Å². The maximum Gasteiger partial charge on any atom is 0.0977 e. The largest absolute Gasteiger partial charge is 0.378 e. The van der Waals surface area contributed by atoms with E-state index in [2.05, 4.69) is 0 Å². The standard InChI is InChI=1S/C10H16O2/c1-11-8-7-10(8)4-2-3-9(12-10)5-6-9/h8H,2-7H2,1H3/t8-,10-/m0/s1. The fraction of sp³-hybridized carbons (Fsp3) is 1.00. The van der Waals surface area contributed by atoms with Crippen molar-refractivity contribution >= 4 is 0 Å². The van der Waals surface area contributed by atoms with Crippen LogP contribution in [0.1, 0.15) is 38.5 Å². The minimum Gasteiger partial charge on any atom is -0.378 e. The van der Waals surface area contributed by atoms with Gasteiger partial charge in [-0.15, -0.1) is 0 Å². The van der Waals surface area contributed by atoms with Gasteiger partial charge >= 0.3 is 0 Å². The summed E-state index contributed by atoms with van der Waals surface area (Å²) in [6, 6.07) is 0. The van der Waals surface area contributed by atoms with Crippen LogP contribution < -0.4 is 0 Å². The van der Waals surface area contributed by atoms with Gasteiger partial charge in [-0.3, -0.25) is 0 Å². The van der Waals surface area contributed by atoms with E-state index >= 15 is 0 Å². The fourth-order valence-corrected chi connectivity index (χ4v) is 2.66. The minimum absolute atomic E-state index is 0.170. The van der Waals surface area contributed by atoms with E-state index < -0.39 is 0 Å². The molecule has 2 heteroatoms. The van der Waals surface area contributed by atoms with E-state index in [9.17, 15) is 0 Å². The predicted octanol–water partition coefficient (Wildman–Crippen LogP) is 1.88. The van der Waals surface area contributed by atoms with Gasteiger partial charge in [0.05, 0.1) is 17.3 Å². The topological polar surface area (TPSA) is 18.5 Å². The average Bonchev–Trinajstić information content (AvgIpc) is 2.94. The van der Waals surface area contributed by atoms with Crippen molar-refractivity contribution in [2.75, 3.05) is 7.11 Å². The van der Waals surface area contributed by atoms with Crippen LogP contribution in [0.5, 0.6) is 0 Å². The summed E-state index contributed by atoms with van der Waals surface area (Å²) in [4.78, 5) is 0. The molecule has 0 aromatic rings. The molecule has 2 aliphatic carbocycles. The van der Waals surface area contributed by atoms with Gasteiger partial charge in [0.1, 0.15) is 0 Å². The number of hydrogen-bond acceptors (Lipinski definition) is 2. The van der Waals surface area contributed by atoms with Gasteiger partial charge in [0.2, 0.25) is 0 Å². The maximum absolute atomic E-state index is 6.16. The Labute approximate surface area is 73.2 Å². The van der Waals surface area contributed by atoms with Crippen molar-refractivity contribution in [1.82, 2.24) is 0 Å². The van der Waals surface area contributed by atoms with Crippen LogP contribution in [0.2, 0.25) is 0 Å². The minimum atomic E-state index is 0.170. The van der Waals surface area contributed by atoms with E-state index in [1.165, 1.54) is 32.1 Å². The van der Waals surface area contributed by atoms with Crippen LogP contribution in [0.25, 0.3) is 0 Å². The molecule has 0 unspecified atom stereocenters. The Balaban J connectivity index is 1.73. The zero-order valence-corrected chi connectivity index (χ0v) is 7.64. The third kappa shape index (κ3) is 0.882. The van der Waals surface area contributed by atoms with Gasteiger partial charge in [-0.2, -0.15) is 0 Å². The quantitative estimate of drug-likeness (QED) is 0.595. The van der Waals surface area contributed by atoms with E-state index in [4.69, 9.17) is 9.47 Å². The van der Waals surface area contributed by atoms with Gasteiger partial charge in [0, 0.05) is 13.5 Å². The number of hydrogen-bond donors (Lipinski definition) is 0. The van der Waals surface area contributed by atoms with Crippen molar-refractivity contribution in [3.63, 3.8) is 0 Å². The highest BCUT2D eigenvalue weighted by molar-refractivity contribution is 5.14. The monoisotopic (exact) mass is 168 g/mol. The van der Waals surface area contributed by atoms with Crippen LogP contribution >= 0.6 is 0 Å². The first-order valence-electron chi connectivity index (χ1n) is 5.02. The van der Waals surface area contributed by atoms with Crippen molar-refractivity contribution in [2.24, 2.45) is 0 Å². The van der Waals surface area contributed by atoms with Crippen LogP contribution in [-0.4, -0.2) is 24.4 Å². The molecule has 2 saturated carbocycles. The second-order valence-corrected chi connectivity index (χ2v) is 4.63. The lowest BCUT2D eigenvalue weighted by Gasteiger charge is -2.31. The molecular weight excluding hydrogens is 152 g/mol. The van der Waals surface area contributed by atoms with Crippen LogP contribution in [0.15, 0.2) is 0 Å². The van der Waals surface area contributed by atoms with Crippen LogP contribution in [0.3, 0.4) is 0 Å². The molecule has 3 rings (SSSR count). The smallest absolute Gasteiger partial charge is 0.0977 e. The summed E-state index contributed by atoms with van der Waals surface area (Å²) in [5.74, 6) is 0. The summed E-state index contributed by atoms with van der Waals surface area (Å²) in [6.07, 6.45) is 8.02. The molecule has 0 N–H and O–H groups in total. The number of rotatable bonds is 1. The lowest BCUT2D eigenvalue weighted by atomic mass is 10.0. The van der Waals surface area contributed by atoms with E-state index in [1.807, 2.05) is 0 Å². The van der Waals surface area contributed by atoms with E-state index in [0.717, 1.165) is 6.42 Å². The Morgan fingerprint density at radius 2 is 2.08 bits per heavy atom. The molecule has 2 nitrogen and oxygen atoms in total. The highest BCUT2D eigenvalue weighted by Crippen LogP contribution is 2.59. The average molecular weight is 168 g/mol. The van der Waals surface area contributed by atoms with Gasteiger partial charge < -0.3 is 9.47 Å². The molecule has 0 bridgehead atoms. The van der Waals surface area contributed by atoms with E-state index in [1.54, 1.807) is 7.11 Å². The summed E-state index contributed by atoms with van der Waals surface area (Å²) in [5, 5.41) is 0. The van der Waals surface area contributed by atoms with Crippen molar-refractivity contribution in [3.05, 3.63) is 0 Å². The first-order valence-corrected chi connectivity index (χ1v) is 5.02. The lowest BCUT2D eigenvalue weighted by Crippen LogP contribution is -2.33. The Kier molecular flexibility index (Phi) is 1.25. The number of ether oxygens (including phenoxy) is 2. The van der Waals surface area contributed by atoms with Crippen molar-refractivity contribution in [3.8, 4) is 0 Å². The van der Waals surface area contributed by atoms with Crippen LogP contribution in [-0.2, 0) is 9.47 Å². The van der Waals surface area contributed by atoms with Crippen molar-refractivity contribution < 1.29 is 9.47 Å². The Hall–Kier alpha value is -0.0800. The molecule has 2 spiro atoms. The van der Waals surface area contributed by atoms with Gasteiger partial charge in [0.25, 0.3) is 0 Å². The first-order chi connectivity index (χ1) is 5.79. The summed E-state index contributed by atoms with van der Waals surface area (Å²) in [6.45, 7) is 0. The molecule has 12 heavy (non-hydrogen) atoms. The Morgan fingerprint density at radius 3 is 2.67 bits per heavy atom. The van der Waals surface area contributed by atoms with E-state index in [0.29, 0.717) is 11.7 Å². The van der Waals surface area contributed by atoms with Gasteiger partial charge in [-0.1, -0.05) is 0 Å². The maximum atomic E-state index is 6.16. The molecular formula is C10H16O2. The van der Waals surface area contributed by atoms with Gasteiger partial charge in [-0.05, 0) is 32.1 Å². The highest BCUT2D eigenvalue weighted by atomic mass is 16.6. The third-order valence-electron chi connectivity index (χ3n) is 3.70. The summed E-state index contributed by atoms with van der Waals surface area (Å²) >= 11 is 0. The molecule has 1 aliphatic heterocycles. The molecule has 1 heterocycles. The molecule has 0 aromatic carbocycles. The molecule has 2 atom stereocenters. The molecule has 3 fully saturated rings. The SMILES string of the molecule is CO[C@H]1C[C@@]12CCCC1(CC1)O2. The summed E-state index contributed by atoms with van der Waals surface area (Å²) in [7, 11) is 1.80. The van der Waals surface area contributed by atoms with E-state index in [-0.39, 0.29) is 5.60 Å². The predicted molar refractivity (Wildman–Crippen MR) is 45.0 cm³/mol. The second-order valence-electron chi connectivity index (χ2n) is 4.63. The second kappa shape index (κ2) is 2.05. The Morgan fingerprint density at radius 1 is 1.25 bits per heavy atom. The highest BCUT2D eigenvalue weighted by Gasteiger charge is 2.64. The molecule has 0 amide bonds. The third-order valence-corrected chi connectivity index (χ3v) is 3.70. The summed E-state index contributed by atoms with van der Waals surface area (Å²) < 4.78 is 11.5. The molecule has 1 saturated heterocycles. The zero-order chi connectivity index (χ0) is 8.23. The fourth-order valence-electron chi connectivity index (χ4n) is 2.66. The molecule has 3 aliphatic rings. The lowest BCUT2D eigenvalue weighted by molar-refractivity contribution is -0.107. The first kappa shape index (κ1) is 7.34. The normalized spacial score (nSPS) is 48.2. The van der Waals surface area contributed by atoms with Crippen molar-refractivity contribution in [1.29, 1.82) is 0 Å². The number of methoxy groups -OCH3 is 1. The molecule has 0 radical (unpaired) electrons. The van der Waals surface area contributed by atoms with Crippen LogP contribution in [0, 0.1) is 0 Å². The molecule has 68 valence electrons. The Bertz CT molecular complexity index is 210. The van der Waals surface area contributed by atoms with Crippen molar-refractivity contribution in [2.45, 2.75) is 55.8 Å². The summed E-state index contributed by atoms with van der Waals surface area (Å²) in [5.41, 5.74) is 0.495. The van der Waals surface area contributed by atoms with Gasteiger partial charge in [-0.25, -0.2) is 0 Å².